The maximum atomic E-state index is 5.69. The van der Waals surface area contributed by atoms with Gasteiger partial charge in [0.05, 0.1) is 30.7 Å². The minimum Gasteiger partial charge on any atom is -0.397 e. The third-order valence-electron chi connectivity index (χ3n) is 2.94. The normalized spacial score (nSPS) is 21.4. The fourth-order valence-corrected chi connectivity index (χ4v) is 2.14. The fraction of sp³-hybridized carbons (Fsp3) is 0.455. The molecule has 0 aromatic carbocycles. The smallest absolute Gasteiger partial charge is 0.158 e. The van der Waals surface area contributed by atoms with Crippen molar-refractivity contribution in [2.75, 3.05) is 18.9 Å². The monoisotopic (exact) mass is 218 g/mol. The number of rotatable bonds is 1. The van der Waals surface area contributed by atoms with Gasteiger partial charge in [-0.1, -0.05) is 0 Å². The van der Waals surface area contributed by atoms with Gasteiger partial charge < -0.3 is 10.5 Å². The lowest BCUT2D eigenvalue weighted by atomic mass is 10.1. The van der Waals surface area contributed by atoms with E-state index in [9.17, 15) is 0 Å². The topological polar surface area (TPSA) is 66.0 Å². The highest BCUT2D eigenvalue weighted by atomic mass is 16.5. The Labute approximate surface area is 93.2 Å². The van der Waals surface area contributed by atoms with E-state index in [1.165, 1.54) is 0 Å². The molecule has 0 aliphatic carbocycles. The summed E-state index contributed by atoms with van der Waals surface area (Å²) in [6, 6.07) is 2.21. The Kier molecular flexibility index (Phi) is 2.25. The molecule has 0 bridgehead atoms. The van der Waals surface area contributed by atoms with Crippen LogP contribution in [0.4, 0.5) is 5.69 Å². The predicted molar refractivity (Wildman–Crippen MR) is 61.0 cm³/mol. The van der Waals surface area contributed by atoms with Crippen molar-refractivity contribution in [2.24, 2.45) is 0 Å². The van der Waals surface area contributed by atoms with Gasteiger partial charge in [0, 0.05) is 12.0 Å². The van der Waals surface area contributed by atoms with Crippen LogP contribution in [0.5, 0.6) is 0 Å². The second kappa shape index (κ2) is 3.75. The molecule has 5 nitrogen and oxygen atoms in total. The summed E-state index contributed by atoms with van der Waals surface area (Å²) in [6.45, 7) is 1.58. The SMILES string of the molecule is Nc1cnc2c(cnn2C2CCCOC2)c1. The zero-order valence-corrected chi connectivity index (χ0v) is 8.97. The van der Waals surface area contributed by atoms with Gasteiger partial charge in [-0.3, -0.25) is 0 Å². The maximum Gasteiger partial charge on any atom is 0.158 e. The summed E-state index contributed by atoms with van der Waals surface area (Å²) >= 11 is 0. The van der Waals surface area contributed by atoms with Crippen LogP contribution < -0.4 is 5.73 Å². The molecule has 1 atom stereocenters. The van der Waals surface area contributed by atoms with Crippen molar-refractivity contribution < 1.29 is 4.74 Å². The van der Waals surface area contributed by atoms with E-state index < -0.39 is 0 Å². The zero-order valence-electron chi connectivity index (χ0n) is 8.97. The van der Waals surface area contributed by atoms with Gasteiger partial charge in [0.25, 0.3) is 0 Å². The van der Waals surface area contributed by atoms with E-state index in [2.05, 4.69) is 10.1 Å². The van der Waals surface area contributed by atoms with Crippen LogP contribution in [-0.4, -0.2) is 28.0 Å². The van der Waals surface area contributed by atoms with Crippen molar-refractivity contribution in [2.45, 2.75) is 18.9 Å². The molecule has 0 spiro atoms. The quantitative estimate of drug-likeness (QED) is 0.785. The lowest BCUT2D eigenvalue weighted by molar-refractivity contribution is 0.0563. The molecule has 16 heavy (non-hydrogen) atoms. The molecular formula is C11H14N4O. The van der Waals surface area contributed by atoms with E-state index in [0.29, 0.717) is 11.7 Å². The van der Waals surface area contributed by atoms with Crippen molar-refractivity contribution in [3.8, 4) is 0 Å². The number of nitrogen functional groups attached to an aromatic ring is 1. The van der Waals surface area contributed by atoms with E-state index in [0.717, 1.165) is 37.1 Å². The molecular weight excluding hydrogens is 204 g/mol. The van der Waals surface area contributed by atoms with Gasteiger partial charge >= 0.3 is 0 Å². The van der Waals surface area contributed by atoms with Crippen LogP contribution in [-0.2, 0) is 4.74 Å². The molecule has 1 unspecified atom stereocenters. The standard InChI is InChI=1S/C11H14N4O/c12-9-4-8-5-14-15(11(8)13-6-9)10-2-1-3-16-7-10/h4-6,10H,1-3,7,12H2. The molecule has 2 aromatic rings. The summed E-state index contributed by atoms with van der Waals surface area (Å²) in [7, 11) is 0. The average molecular weight is 218 g/mol. The molecule has 84 valence electrons. The molecule has 1 saturated heterocycles. The highest BCUT2D eigenvalue weighted by molar-refractivity contribution is 5.77. The Balaban J connectivity index is 2.03. The van der Waals surface area contributed by atoms with E-state index in [1.807, 2.05) is 16.9 Å². The van der Waals surface area contributed by atoms with Crippen LogP contribution in [0.15, 0.2) is 18.5 Å². The first-order valence-corrected chi connectivity index (χ1v) is 5.51. The van der Waals surface area contributed by atoms with Gasteiger partial charge in [-0.05, 0) is 18.9 Å². The molecule has 2 aromatic heterocycles. The van der Waals surface area contributed by atoms with Crippen LogP contribution in [0.2, 0.25) is 0 Å². The van der Waals surface area contributed by atoms with Crippen molar-refractivity contribution in [1.82, 2.24) is 14.8 Å². The summed E-state index contributed by atoms with van der Waals surface area (Å²) in [5.41, 5.74) is 7.25. The number of nitrogens with two attached hydrogens (primary N) is 1. The van der Waals surface area contributed by atoms with Crippen LogP contribution in [0.25, 0.3) is 11.0 Å². The predicted octanol–water partition coefficient (Wildman–Crippen LogP) is 1.36. The van der Waals surface area contributed by atoms with Crippen molar-refractivity contribution in [3.63, 3.8) is 0 Å². The zero-order chi connectivity index (χ0) is 11.0. The first-order chi connectivity index (χ1) is 7.84. The van der Waals surface area contributed by atoms with Crippen LogP contribution >= 0.6 is 0 Å². The lowest BCUT2D eigenvalue weighted by Gasteiger charge is -2.22. The first kappa shape index (κ1) is 9.59. The number of ether oxygens (including phenoxy) is 1. The summed E-state index contributed by atoms with van der Waals surface area (Å²) in [5.74, 6) is 0. The van der Waals surface area contributed by atoms with Gasteiger partial charge in [0.2, 0.25) is 0 Å². The minimum absolute atomic E-state index is 0.308. The average Bonchev–Trinajstić information content (AvgIpc) is 2.73. The Morgan fingerprint density at radius 3 is 3.19 bits per heavy atom. The largest absolute Gasteiger partial charge is 0.397 e. The summed E-state index contributed by atoms with van der Waals surface area (Å²) in [4.78, 5) is 4.34. The van der Waals surface area contributed by atoms with Crippen LogP contribution in [0, 0.1) is 0 Å². The first-order valence-electron chi connectivity index (χ1n) is 5.51. The highest BCUT2D eigenvalue weighted by Gasteiger charge is 2.18. The van der Waals surface area contributed by atoms with Gasteiger partial charge in [-0.2, -0.15) is 5.10 Å². The second-order valence-electron chi connectivity index (χ2n) is 4.14. The molecule has 0 amide bonds. The molecule has 3 rings (SSSR count). The third-order valence-corrected chi connectivity index (χ3v) is 2.94. The number of nitrogens with zero attached hydrogens (tertiary/aromatic N) is 3. The van der Waals surface area contributed by atoms with Crippen molar-refractivity contribution in [3.05, 3.63) is 18.5 Å². The Bertz CT molecular complexity index is 502. The number of fused-ring (bicyclic) bond motifs is 1. The molecule has 3 heterocycles. The Morgan fingerprint density at radius 1 is 1.44 bits per heavy atom. The van der Waals surface area contributed by atoms with Gasteiger partial charge in [-0.15, -0.1) is 0 Å². The van der Waals surface area contributed by atoms with Gasteiger partial charge in [0.15, 0.2) is 5.65 Å². The summed E-state index contributed by atoms with van der Waals surface area (Å²) in [5, 5.41) is 5.37. The van der Waals surface area contributed by atoms with Crippen LogP contribution in [0.1, 0.15) is 18.9 Å². The molecule has 1 aliphatic rings. The van der Waals surface area contributed by atoms with E-state index in [-0.39, 0.29) is 0 Å². The molecule has 5 heteroatoms. The van der Waals surface area contributed by atoms with E-state index in [4.69, 9.17) is 10.5 Å². The number of hydrogen-bond acceptors (Lipinski definition) is 4. The molecule has 2 N–H and O–H groups in total. The van der Waals surface area contributed by atoms with Crippen molar-refractivity contribution in [1.29, 1.82) is 0 Å². The van der Waals surface area contributed by atoms with Gasteiger partial charge in [0.1, 0.15) is 0 Å². The van der Waals surface area contributed by atoms with E-state index >= 15 is 0 Å². The summed E-state index contributed by atoms with van der Waals surface area (Å²) in [6.07, 6.45) is 5.67. The molecule has 1 aliphatic heterocycles. The minimum atomic E-state index is 0.308. The lowest BCUT2D eigenvalue weighted by Crippen LogP contribution is -2.22. The molecule has 0 saturated carbocycles. The number of anilines is 1. The highest BCUT2D eigenvalue weighted by Crippen LogP contribution is 2.23. The van der Waals surface area contributed by atoms with Crippen molar-refractivity contribution >= 4 is 16.7 Å². The maximum absolute atomic E-state index is 5.69. The number of pyridine rings is 1. The second-order valence-corrected chi connectivity index (χ2v) is 4.14. The molecule has 0 radical (unpaired) electrons. The Morgan fingerprint density at radius 2 is 2.38 bits per heavy atom. The van der Waals surface area contributed by atoms with E-state index in [1.54, 1.807) is 6.20 Å². The molecule has 1 fully saturated rings. The third kappa shape index (κ3) is 1.53. The number of aromatic nitrogens is 3. The summed E-state index contributed by atoms with van der Waals surface area (Å²) < 4.78 is 7.42. The number of hydrogen-bond donors (Lipinski definition) is 1. The van der Waals surface area contributed by atoms with Crippen LogP contribution in [0.3, 0.4) is 0 Å². The fourth-order valence-electron chi connectivity index (χ4n) is 2.14. The van der Waals surface area contributed by atoms with Gasteiger partial charge in [-0.25, -0.2) is 9.67 Å². The Hall–Kier alpha value is -1.62.